The molecule has 1 aromatic carbocycles. The Morgan fingerprint density at radius 3 is 2.46 bits per heavy atom. The van der Waals surface area contributed by atoms with Crippen LogP contribution in [0.4, 0.5) is 14.5 Å². The summed E-state index contributed by atoms with van der Waals surface area (Å²) < 4.78 is 28.7. The van der Waals surface area contributed by atoms with E-state index in [0.717, 1.165) is 12.8 Å². The van der Waals surface area contributed by atoms with Crippen molar-refractivity contribution in [3.05, 3.63) is 23.2 Å². The second-order valence-corrected chi connectivity index (χ2v) is 6.04. The van der Waals surface area contributed by atoms with Crippen LogP contribution in [-0.4, -0.2) is 49.5 Å². The lowest BCUT2D eigenvalue weighted by atomic mass is 10.3. The van der Waals surface area contributed by atoms with Crippen molar-refractivity contribution < 1.29 is 23.1 Å². The van der Waals surface area contributed by atoms with Crippen LogP contribution in [0, 0.1) is 0 Å². The molecule has 0 atom stereocenters. The van der Waals surface area contributed by atoms with Crippen LogP contribution in [0.3, 0.4) is 0 Å². The third-order valence-electron chi connectivity index (χ3n) is 3.28. The van der Waals surface area contributed by atoms with Gasteiger partial charge in [-0.15, -0.1) is 0 Å². The topological polar surface area (TPSA) is 70.7 Å². The van der Waals surface area contributed by atoms with Gasteiger partial charge in [0.25, 0.3) is 0 Å². The average molecular weight is 392 g/mol. The predicted molar refractivity (Wildman–Crippen MR) is 96.7 cm³/mol. The number of nitrogens with one attached hydrogen (secondary N) is 2. The van der Waals surface area contributed by atoms with Crippen LogP contribution in [0.5, 0.6) is 5.75 Å². The van der Waals surface area contributed by atoms with Gasteiger partial charge in [-0.3, -0.25) is 14.5 Å². The summed E-state index contributed by atoms with van der Waals surface area (Å²) in [6.45, 7) is 2.28. The molecule has 0 saturated heterocycles. The number of nitrogens with zero attached hydrogens (tertiary/aromatic N) is 1. The van der Waals surface area contributed by atoms with Gasteiger partial charge in [0, 0.05) is 12.2 Å². The zero-order chi connectivity index (χ0) is 19.5. The van der Waals surface area contributed by atoms with Gasteiger partial charge in [-0.25, -0.2) is 0 Å². The van der Waals surface area contributed by atoms with E-state index in [1.165, 1.54) is 18.2 Å². The van der Waals surface area contributed by atoms with Crippen molar-refractivity contribution in [2.24, 2.45) is 0 Å². The standard InChI is InChI=1S/C17H24ClF2N3O3/c1-3-7-21-15(24)10-23(8-4-2)11-16(25)22-12-5-6-14(13(18)9-12)26-17(19)20/h5-6,9,17H,3-4,7-8,10-11H2,1-2H3,(H,21,24)(H,22,25). The number of carbonyl (C=O) groups excluding carboxylic acids is 2. The predicted octanol–water partition coefficient (Wildman–Crippen LogP) is 3.12. The van der Waals surface area contributed by atoms with Crippen LogP contribution in [0.15, 0.2) is 18.2 Å². The SMILES string of the molecule is CCCNC(=O)CN(CCC)CC(=O)Nc1ccc(OC(F)F)c(Cl)c1. The summed E-state index contributed by atoms with van der Waals surface area (Å²) in [5, 5.41) is 5.36. The molecule has 9 heteroatoms. The minimum atomic E-state index is -2.98. The van der Waals surface area contributed by atoms with Gasteiger partial charge in [0.15, 0.2) is 0 Å². The highest BCUT2D eigenvalue weighted by Crippen LogP contribution is 2.28. The smallest absolute Gasteiger partial charge is 0.387 e. The summed E-state index contributed by atoms with van der Waals surface area (Å²) in [6, 6.07) is 4.00. The molecule has 0 spiro atoms. The summed E-state index contributed by atoms with van der Waals surface area (Å²) in [5.74, 6) is -0.634. The van der Waals surface area contributed by atoms with Crippen LogP contribution >= 0.6 is 11.6 Å². The Bertz CT molecular complexity index is 603. The molecular formula is C17H24ClF2N3O3. The molecule has 0 aliphatic heterocycles. The van der Waals surface area contributed by atoms with Crippen molar-refractivity contribution in [1.82, 2.24) is 10.2 Å². The van der Waals surface area contributed by atoms with Crippen LogP contribution in [0.25, 0.3) is 0 Å². The van der Waals surface area contributed by atoms with Crippen molar-refractivity contribution in [3.63, 3.8) is 0 Å². The molecule has 0 aliphatic carbocycles. The number of hydrogen-bond acceptors (Lipinski definition) is 4. The molecule has 0 saturated carbocycles. The molecule has 1 aromatic rings. The second-order valence-electron chi connectivity index (χ2n) is 5.63. The van der Waals surface area contributed by atoms with Crippen LogP contribution in [-0.2, 0) is 9.59 Å². The van der Waals surface area contributed by atoms with Gasteiger partial charge in [0.1, 0.15) is 5.75 Å². The van der Waals surface area contributed by atoms with E-state index in [-0.39, 0.29) is 35.7 Å². The Kier molecular flexibility index (Phi) is 9.90. The van der Waals surface area contributed by atoms with Gasteiger partial charge in [-0.2, -0.15) is 8.78 Å². The minimum Gasteiger partial charge on any atom is -0.433 e. The van der Waals surface area contributed by atoms with Crippen molar-refractivity contribution in [1.29, 1.82) is 0 Å². The Hall–Kier alpha value is -1.93. The van der Waals surface area contributed by atoms with Crippen molar-refractivity contribution in [2.45, 2.75) is 33.3 Å². The molecule has 146 valence electrons. The first kappa shape index (κ1) is 22.1. The quantitative estimate of drug-likeness (QED) is 0.608. The van der Waals surface area contributed by atoms with Crippen LogP contribution in [0.2, 0.25) is 5.02 Å². The summed E-state index contributed by atoms with van der Waals surface area (Å²) in [4.78, 5) is 25.7. The second kappa shape index (κ2) is 11.6. The number of hydrogen-bond donors (Lipinski definition) is 2. The maximum atomic E-state index is 12.2. The molecule has 0 heterocycles. The third kappa shape index (κ3) is 8.44. The van der Waals surface area contributed by atoms with Gasteiger partial charge in [-0.05, 0) is 37.6 Å². The molecule has 0 bridgehead atoms. The van der Waals surface area contributed by atoms with E-state index in [1.54, 1.807) is 4.90 Å². The fraction of sp³-hybridized carbons (Fsp3) is 0.529. The number of amides is 2. The molecule has 6 nitrogen and oxygen atoms in total. The highest BCUT2D eigenvalue weighted by atomic mass is 35.5. The number of halogens is 3. The molecule has 0 fully saturated rings. The Morgan fingerprint density at radius 2 is 1.88 bits per heavy atom. The van der Waals surface area contributed by atoms with E-state index in [1.807, 2.05) is 13.8 Å². The largest absolute Gasteiger partial charge is 0.433 e. The first-order chi connectivity index (χ1) is 12.3. The van der Waals surface area contributed by atoms with E-state index < -0.39 is 6.61 Å². The summed E-state index contributed by atoms with van der Waals surface area (Å²) >= 11 is 5.86. The van der Waals surface area contributed by atoms with Crippen molar-refractivity contribution in [3.8, 4) is 5.75 Å². The number of carbonyl (C=O) groups is 2. The molecule has 26 heavy (non-hydrogen) atoms. The van der Waals surface area contributed by atoms with E-state index in [4.69, 9.17) is 11.6 Å². The molecule has 1 rings (SSSR count). The lowest BCUT2D eigenvalue weighted by Gasteiger charge is -2.20. The van der Waals surface area contributed by atoms with Gasteiger partial charge in [0.05, 0.1) is 18.1 Å². The molecule has 0 aromatic heterocycles. The Morgan fingerprint density at radius 1 is 1.19 bits per heavy atom. The normalized spacial score (nSPS) is 10.9. The Balaban J connectivity index is 2.61. The maximum Gasteiger partial charge on any atom is 0.387 e. The van der Waals surface area contributed by atoms with Crippen LogP contribution < -0.4 is 15.4 Å². The van der Waals surface area contributed by atoms with Crippen LogP contribution in [0.1, 0.15) is 26.7 Å². The van der Waals surface area contributed by atoms with E-state index in [9.17, 15) is 18.4 Å². The first-order valence-corrected chi connectivity index (χ1v) is 8.76. The number of alkyl halides is 2. The van der Waals surface area contributed by atoms with E-state index in [0.29, 0.717) is 18.8 Å². The monoisotopic (exact) mass is 391 g/mol. The summed E-state index contributed by atoms with van der Waals surface area (Å²) in [5.41, 5.74) is 0.355. The number of rotatable bonds is 11. The summed E-state index contributed by atoms with van der Waals surface area (Å²) in [7, 11) is 0. The van der Waals surface area contributed by atoms with Gasteiger partial charge < -0.3 is 15.4 Å². The first-order valence-electron chi connectivity index (χ1n) is 8.39. The van der Waals surface area contributed by atoms with Gasteiger partial charge >= 0.3 is 6.61 Å². The van der Waals surface area contributed by atoms with Gasteiger partial charge in [-0.1, -0.05) is 25.4 Å². The Labute approximate surface area is 156 Å². The molecular weight excluding hydrogens is 368 g/mol. The molecule has 0 aliphatic rings. The fourth-order valence-corrected chi connectivity index (χ4v) is 2.45. The number of anilines is 1. The molecule has 2 amide bonds. The lowest BCUT2D eigenvalue weighted by Crippen LogP contribution is -2.41. The lowest BCUT2D eigenvalue weighted by molar-refractivity contribution is -0.123. The number of ether oxygens (including phenoxy) is 1. The highest BCUT2D eigenvalue weighted by Gasteiger charge is 2.15. The molecule has 0 radical (unpaired) electrons. The zero-order valence-corrected chi connectivity index (χ0v) is 15.6. The third-order valence-corrected chi connectivity index (χ3v) is 3.57. The summed E-state index contributed by atoms with van der Waals surface area (Å²) in [6.07, 6.45) is 1.63. The minimum absolute atomic E-state index is 0.0281. The average Bonchev–Trinajstić information content (AvgIpc) is 2.55. The maximum absolute atomic E-state index is 12.2. The fourth-order valence-electron chi connectivity index (χ4n) is 2.23. The van der Waals surface area contributed by atoms with Crippen molar-refractivity contribution >= 4 is 29.1 Å². The molecule has 2 N–H and O–H groups in total. The zero-order valence-electron chi connectivity index (χ0n) is 14.9. The van der Waals surface area contributed by atoms with Crippen molar-refractivity contribution in [2.75, 3.05) is 31.5 Å². The molecule has 0 unspecified atom stereocenters. The number of benzene rings is 1. The van der Waals surface area contributed by atoms with E-state index in [2.05, 4.69) is 15.4 Å². The van der Waals surface area contributed by atoms with Gasteiger partial charge in [0.2, 0.25) is 11.8 Å². The van der Waals surface area contributed by atoms with E-state index >= 15 is 0 Å². The highest BCUT2D eigenvalue weighted by molar-refractivity contribution is 6.32.